The number of hydrogen-bond donors (Lipinski definition) is 1. The Bertz CT molecular complexity index is 527. The van der Waals surface area contributed by atoms with Gasteiger partial charge in [0, 0.05) is 20.9 Å². The van der Waals surface area contributed by atoms with Crippen molar-refractivity contribution in [2.75, 3.05) is 0 Å². The summed E-state index contributed by atoms with van der Waals surface area (Å²) in [5, 5.41) is 5.28. The van der Waals surface area contributed by atoms with Crippen LogP contribution in [-0.4, -0.2) is 10.9 Å². The Labute approximate surface area is 116 Å². The van der Waals surface area contributed by atoms with Gasteiger partial charge in [-0.3, -0.25) is 4.79 Å². The van der Waals surface area contributed by atoms with Crippen molar-refractivity contribution in [3.8, 4) is 0 Å². The molecule has 2 aromatic rings. The first-order valence-electron chi connectivity index (χ1n) is 4.78. The highest BCUT2D eigenvalue weighted by Gasteiger charge is 2.07. The van der Waals surface area contributed by atoms with Gasteiger partial charge in [0.25, 0.3) is 5.91 Å². The monoisotopic (exact) mass is 330 g/mol. The molecule has 17 heavy (non-hydrogen) atoms. The Morgan fingerprint density at radius 2 is 2.35 bits per heavy atom. The summed E-state index contributed by atoms with van der Waals surface area (Å²) in [6.07, 6.45) is 1.46. The molecule has 6 heteroatoms. The second-order valence-corrected chi connectivity index (χ2v) is 5.62. The van der Waals surface area contributed by atoms with Crippen LogP contribution in [0.3, 0.4) is 0 Å². The summed E-state index contributed by atoms with van der Waals surface area (Å²) >= 11 is 10.6. The molecular formula is C11H8BrClN2OS. The van der Waals surface area contributed by atoms with E-state index in [-0.39, 0.29) is 5.91 Å². The van der Waals surface area contributed by atoms with Crippen LogP contribution in [-0.2, 0) is 6.54 Å². The Morgan fingerprint density at radius 1 is 1.53 bits per heavy atom. The standard InChI is InChI=1S/C11H8BrClN2OS/c12-7-3-9(17-6-7)5-15-11(16)10-2-1-8(13)4-14-10/h1-4,6H,5H2,(H,15,16). The number of nitrogens with one attached hydrogen (secondary N) is 1. The average molecular weight is 332 g/mol. The van der Waals surface area contributed by atoms with Crippen molar-refractivity contribution in [2.24, 2.45) is 0 Å². The normalized spacial score (nSPS) is 10.2. The van der Waals surface area contributed by atoms with Gasteiger partial charge in [-0.05, 0) is 34.1 Å². The minimum atomic E-state index is -0.203. The zero-order valence-electron chi connectivity index (χ0n) is 8.61. The number of nitrogens with zero attached hydrogens (tertiary/aromatic N) is 1. The summed E-state index contributed by atoms with van der Waals surface area (Å²) in [5.41, 5.74) is 0.366. The molecule has 0 spiro atoms. The van der Waals surface area contributed by atoms with E-state index in [1.807, 2.05) is 11.4 Å². The molecule has 88 valence electrons. The average Bonchev–Trinajstić information content (AvgIpc) is 2.73. The molecule has 0 saturated carbocycles. The van der Waals surface area contributed by atoms with E-state index in [2.05, 4.69) is 26.2 Å². The third kappa shape index (κ3) is 3.52. The van der Waals surface area contributed by atoms with Gasteiger partial charge in [0.15, 0.2) is 0 Å². The van der Waals surface area contributed by atoms with E-state index in [1.54, 1.807) is 23.5 Å². The molecule has 1 amide bonds. The highest BCUT2D eigenvalue weighted by atomic mass is 79.9. The van der Waals surface area contributed by atoms with Crippen LogP contribution in [0.4, 0.5) is 0 Å². The van der Waals surface area contributed by atoms with Crippen LogP contribution in [0.15, 0.2) is 34.2 Å². The number of carbonyl (C=O) groups is 1. The minimum absolute atomic E-state index is 0.203. The number of halogens is 2. The van der Waals surface area contributed by atoms with Crippen molar-refractivity contribution in [2.45, 2.75) is 6.54 Å². The van der Waals surface area contributed by atoms with Crippen molar-refractivity contribution in [1.29, 1.82) is 0 Å². The van der Waals surface area contributed by atoms with E-state index >= 15 is 0 Å². The first-order valence-corrected chi connectivity index (χ1v) is 6.83. The van der Waals surface area contributed by atoms with Gasteiger partial charge in [-0.2, -0.15) is 0 Å². The molecule has 0 bridgehead atoms. The smallest absolute Gasteiger partial charge is 0.270 e. The third-order valence-electron chi connectivity index (χ3n) is 2.00. The molecule has 0 atom stereocenters. The molecule has 1 N–H and O–H groups in total. The molecule has 0 aliphatic carbocycles. The topological polar surface area (TPSA) is 42.0 Å². The lowest BCUT2D eigenvalue weighted by molar-refractivity contribution is 0.0946. The van der Waals surface area contributed by atoms with Gasteiger partial charge >= 0.3 is 0 Å². The molecule has 2 rings (SSSR count). The van der Waals surface area contributed by atoms with E-state index in [1.165, 1.54) is 6.20 Å². The predicted octanol–water partition coefficient (Wildman–Crippen LogP) is 3.49. The molecule has 0 aliphatic heterocycles. The SMILES string of the molecule is O=C(NCc1cc(Br)cs1)c1ccc(Cl)cn1. The van der Waals surface area contributed by atoms with Gasteiger partial charge in [0.2, 0.25) is 0 Å². The zero-order chi connectivity index (χ0) is 12.3. The second-order valence-electron chi connectivity index (χ2n) is 3.28. The number of aromatic nitrogens is 1. The van der Waals surface area contributed by atoms with Gasteiger partial charge < -0.3 is 5.32 Å². The maximum absolute atomic E-state index is 11.7. The summed E-state index contributed by atoms with van der Waals surface area (Å²) in [7, 11) is 0. The first-order chi connectivity index (χ1) is 8.15. The van der Waals surface area contributed by atoms with Crippen LogP contribution in [0, 0.1) is 0 Å². The molecule has 0 saturated heterocycles. The maximum atomic E-state index is 11.7. The predicted molar refractivity (Wildman–Crippen MR) is 72.4 cm³/mol. The summed E-state index contributed by atoms with van der Waals surface area (Å²) < 4.78 is 1.02. The fourth-order valence-electron chi connectivity index (χ4n) is 1.21. The van der Waals surface area contributed by atoms with Crippen molar-refractivity contribution in [3.05, 3.63) is 49.8 Å². The fourth-order valence-corrected chi connectivity index (χ4v) is 2.72. The van der Waals surface area contributed by atoms with Gasteiger partial charge in [-0.15, -0.1) is 11.3 Å². The van der Waals surface area contributed by atoms with E-state index < -0.39 is 0 Å². The molecule has 0 radical (unpaired) electrons. The van der Waals surface area contributed by atoms with Crippen LogP contribution in [0.2, 0.25) is 5.02 Å². The van der Waals surface area contributed by atoms with Crippen molar-refractivity contribution >= 4 is 44.8 Å². The van der Waals surface area contributed by atoms with Crippen molar-refractivity contribution in [3.63, 3.8) is 0 Å². The summed E-state index contributed by atoms with van der Waals surface area (Å²) in [4.78, 5) is 16.7. The van der Waals surface area contributed by atoms with E-state index in [0.717, 1.165) is 9.35 Å². The van der Waals surface area contributed by atoms with Crippen LogP contribution in [0.5, 0.6) is 0 Å². The molecule has 2 aromatic heterocycles. The summed E-state index contributed by atoms with van der Waals surface area (Å²) in [6, 6.07) is 5.22. The first kappa shape index (κ1) is 12.5. The van der Waals surface area contributed by atoms with Crippen molar-refractivity contribution < 1.29 is 4.79 Å². The van der Waals surface area contributed by atoms with Gasteiger partial charge in [-0.25, -0.2) is 4.98 Å². The molecule has 2 heterocycles. The zero-order valence-corrected chi connectivity index (χ0v) is 11.8. The lowest BCUT2D eigenvalue weighted by Crippen LogP contribution is -2.23. The molecule has 0 aromatic carbocycles. The number of carbonyl (C=O) groups excluding carboxylic acids is 1. The quantitative estimate of drug-likeness (QED) is 0.935. The Kier molecular flexibility index (Phi) is 4.15. The Morgan fingerprint density at radius 3 is 2.94 bits per heavy atom. The fraction of sp³-hybridized carbons (Fsp3) is 0.0909. The number of amides is 1. The van der Waals surface area contributed by atoms with E-state index in [4.69, 9.17) is 11.6 Å². The summed E-state index contributed by atoms with van der Waals surface area (Å²) in [5.74, 6) is -0.203. The molecule has 0 fully saturated rings. The van der Waals surface area contributed by atoms with E-state index in [9.17, 15) is 4.79 Å². The third-order valence-corrected chi connectivity index (χ3v) is 3.93. The number of thiophene rings is 1. The second kappa shape index (κ2) is 5.62. The molecule has 0 unspecified atom stereocenters. The highest BCUT2D eigenvalue weighted by molar-refractivity contribution is 9.10. The highest BCUT2D eigenvalue weighted by Crippen LogP contribution is 2.19. The van der Waals surface area contributed by atoms with Gasteiger partial charge in [0.1, 0.15) is 5.69 Å². The molecular weight excluding hydrogens is 324 g/mol. The van der Waals surface area contributed by atoms with E-state index in [0.29, 0.717) is 17.3 Å². The Hall–Kier alpha value is -0.910. The van der Waals surface area contributed by atoms with Crippen molar-refractivity contribution in [1.82, 2.24) is 10.3 Å². The number of hydrogen-bond acceptors (Lipinski definition) is 3. The number of pyridine rings is 1. The maximum Gasteiger partial charge on any atom is 0.270 e. The van der Waals surface area contributed by atoms with Crippen LogP contribution >= 0.6 is 38.9 Å². The largest absolute Gasteiger partial charge is 0.346 e. The van der Waals surface area contributed by atoms with Gasteiger partial charge in [-0.1, -0.05) is 11.6 Å². The molecule has 0 aliphatic rings. The lowest BCUT2D eigenvalue weighted by Gasteiger charge is -2.02. The number of rotatable bonds is 3. The van der Waals surface area contributed by atoms with Crippen LogP contribution < -0.4 is 5.32 Å². The van der Waals surface area contributed by atoms with Crippen LogP contribution in [0.25, 0.3) is 0 Å². The Balaban J connectivity index is 1.95. The minimum Gasteiger partial charge on any atom is -0.346 e. The van der Waals surface area contributed by atoms with Crippen LogP contribution in [0.1, 0.15) is 15.4 Å². The summed E-state index contributed by atoms with van der Waals surface area (Å²) in [6.45, 7) is 0.499. The van der Waals surface area contributed by atoms with Gasteiger partial charge in [0.05, 0.1) is 11.6 Å². The lowest BCUT2D eigenvalue weighted by atomic mass is 10.3. The molecule has 3 nitrogen and oxygen atoms in total.